The van der Waals surface area contributed by atoms with Crippen molar-refractivity contribution >= 4 is 11.6 Å². The second kappa shape index (κ2) is 5.54. The summed E-state index contributed by atoms with van der Waals surface area (Å²) in [7, 11) is 1.46. The van der Waals surface area contributed by atoms with Crippen LogP contribution < -0.4 is 0 Å². The van der Waals surface area contributed by atoms with Crippen molar-refractivity contribution in [3.05, 3.63) is 39.7 Å². The van der Waals surface area contributed by atoms with Crippen LogP contribution in [0.2, 0.25) is 0 Å². The molecule has 18 heavy (non-hydrogen) atoms. The Kier molecular flexibility index (Phi) is 4.33. The van der Waals surface area contributed by atoms with Gasteiger partial charge in [0.25, 0.3) is 5.91 Å². The van der Waals surface area contributed by atoms with E-state index in [-0.39, 0.29) is 12.2 Å². The molecule has 1 N–H and O–H groups in total. The number of nitro benzene ring substituents is 1. The second-order valence-electron chi connectivity index (χ2n) is 3.87. The molecule has 0 saturated carbocycles. The minimum atomic E-state index is -1.06. The van der Waals surface area contributed by atoms with Crippen molar-refractivity contribution in [2.45, 2.75) is 13.0 Å². The van der Waals surface area contributed by atoms with Crippen molar-refractivity contribution in [1.29, 1.82) is 0 Å². The summed E-state index contributed by atoms with van der Waals surface area (Å²) >= 11 is 0. The molecule has 1 atom stereocenters. The molecule has 1 amide bonds. The molecule has 0 fully saturated rings. The molecule has 6 nitrogen and oxygen atoms in total. The molecule has 1 rings (SSSR count). The average Bonchev–Trinajstić information content (AvgIpc) is 2.35. The highest BCUT2D eigenvalue weighted by Crippen LogP contribution is 2.19. The normalized spacial score (nSPS) is 12.0. The van der Waals surface area contributed by atoms with E-state index in [0.29, 0.717) is 0 Å². The Morgan fingerprint density at radius 2 is 2.22 bits per heavy atom. The second-order valence-corrected chi connectivity index (χ2v) is 3.87. The van der Waals surface area contributed by atoms with Crippen LogP contribution in [-0.2, 0) is 0 Å². The number of hydrogen-bond acceptors (Lipinski definition) is 4. The molecular weight excluding hydrogens is 243 g/mol. The van der Waals surface area contributed by atoms with Crippen molar-refractivity contribution in [2.24, 2.45) is 0 Å². The summed E-state index contributed by atoms with van der Waals surface area (Å²) in [6.07, 6.45) is 0. The minimum Gasteiger partial charge on any atom is -0.394 e. The van der Waals surface area contributed by atoms with Crippen LogP contribution in [0.25, 0.3) is 0 Å². The van der Waals surface area contributed by atoms with Gasteiger partial charge in [0.1, 0.15) is 0 Å². The number of rotatable bonds is 4. The molecular formula is C11H13FN2O4. The van der Waals surface area contributed by atoms with E-state index in [1.54, 1.807) is 6.92 Å². The molecule has 0 radical (unpaired) electrons. The molecule has 1 unspecified atom stereocenters. The van der Waals surface area contributed by atoms with Gasteiger partial charge < -0.3 is 10.0 Å². The predicted octanol–water partition coefficient (Wildman–Crippen LogP) is 1.19. The van der Waals surface area contributed by atoms with Crippen LogP contribution in [0, 0.1) is 15.9 Å². The van der Waals surface area contributed by atoms with Crippen LogP contribution in [0.15, 0.2) is 18.2 Å². The summed E-state index contributed by atoms with van der Waals surface area (Å²) in [5.41, 5.74) is -0.676. The number of carbonyl (C=O) groups is 1. The van der Waals surface area contributed by atoms with Gasteiger partial charge >= 0.3 is 5.69 Å². The largest absolute Gasteiger partial charge is 0.394 e. The Bertz CT molecular complexity index is 478. The summed E-state index contributed by atoms with van der Waals surface area (Å²) in [5.74, 6) is -1.57. The lowest BCUT2D eigenvalue weighted by Gasteiger charge is -2.23. The zero-order valence-electron chi connectivity index (χ0n) is 9.96. The molecule has 0 aliphatic carbocycles. The van der Waals surface area contributed by atoms with E-state index in [4.69, 9.17) is 5.11 Å². The predicted molar refractivity (Wildman–Crippen MR) is 61.7 cm³/mol. The third-order valence-electron chi connectivity index (χ3n) is 2.64. The van der Waals surface area contributed by atoms with Crippen LogP contribution in [0.5, 0.6) is 0 Å². The molecule has 0 heterocycles. The summed E-state index contributed by atoms with van der Waals surface area (Å²) in [5, 5.41) is 19.3. The van der Waals surface area contributed by atoms with Crippen molar-refractivity contribution in [2.75, 3.05) is 13.7 Å². The molecule has 98 valence electrons. The van der Waals surface area contributed by atoms with Gasteiger partial charge in [-0.05, 0) is 19.1 Å². The van der Waals surface area contributed by atoms with E-state index in [9.17, 15) is 19.3 Å². The van der Waals surface area contributed by atoms with E-state index in [1.165, 1.54) is 18.0 Å². The van der Waals surface area contributed by atoms with E-state index in [1.807, 2.05) is 0 Å². The SMILES string of the molecule is CC(CO)N(C)C(=O)c1ccc([N+](=O)[O-])c(F)c1. The minimum absolute atomic E-state index is 0.000833. The fourth-order valence-corrected chi connectivity index (χ4v) is 1.31. The van der Waals surface area contributed by atoms with Crippen molar-refractivity contribution in [3.63, 3.8) is 0 Å². The molecule has 0 aliphatic rings. The Hall–Kier alpha value is -2.02. The number of nitro groups is 1. The van der Waals surface area contributed by atoms with Gasteiger partial charge in [-0.15, -0.1) is 0 Å². The number of benzene rings is 1. The highest BCUT2D eigenvalue weighted by Gasteiger charge is 2.20. The molecule has 7 heteroatoms. The zero-order valence-corrected chi connectivity index (χ0v) is 9.96. The number of amides is 1. The number of carbonyl (C=O) groups excluding carboxylic acids is 1. The number of halogens is 1. The van der Waals surface area contributed by atoms with Gasteiger partial charge in [0.15, 0.2) is 0 Å². The summed E-state index contributed by atoms with van der Waals surface area (Å²) in [4.78, 5) is 22.7. The Balaban J connectivity index is 3.01. The summed E-state index contributed by atoms with van der Waals surface area (Å²) in [6.45, 7) is 1.40. The molecule has 1 aromatic carbocycles. The summed E-state index contributed by atoms with van der Waals surface area (Å²) in [6, 6.07) is 2.53. The molecule has 0 aromatic heterocycles. The Morgan fingerprint density at radius 3 is 2.67 bits per heavy atom. The van der Waals surface area contributed by atoms with E-state index >= 15 is 0 Å². The van der Waals surface area contributed by atoms with Gasteiger partial charge in [-0.3, -0.25) is 14.9 Å². The van der Waals surface area contributed by atoms with Crippen LogP contribution in [0.1, 0.15) is 17.3 Å². The maximum Gasteiger partial charge on any atom is 0.304 e. The average molecular weight is 256 g/mol. The number of likely N-dealkylation sites (N-methyl/N-ethyl adjacent to an activating group) is 1. The first-order valence-electron chi connectivity index (χ1n) is 5.20. The summed E-state index contributed by atoms with van der Waals surface area (Å²) < 4.78 is 13.3. The number of hydrogen-bond donors (Lipinski definition) is 1. The van der Waals surface area contributed by atoms with E-state index in [2.05, 4.69) is 0 Å². The molecule has 0 aliphatic heterocycles. The fourth-order valence-electron chi connectivity index (χ4n) is 1.31. The quantitative estimate of drug-likeness (QED) is 0.647. The highest BCUT2D eigenvalue weighted by atomic mass is 19.1. The van der Waals surface area contributed by atoms with Gasteiger partial charge in [0.05, 0.1) is 17.6 Å². The van der Waals surface area contributed by atoms with Gasteiger partial charge in [-0.2, -0.15) is 4.39 Å². The van der Waals surface area contributed by atoms with Crippen LogP contribution >= 0.6 is 0 Å². The lowest BCUT2D eigenvalue weighted by atomic mass is 10.1. The molecule has 0 spiro atoms. The van der Waals surface area contributed by atoms with Gasteiger partial charge in [-0.1, -0.05) is 0 Å². The third-order valence-corrected chi connectivity index (χ3v) is 2.64. The Morgan fingerprint density at radius 1 is 1.61 bits per heavy atom. The van der Waals surface area contributed by atoms with Gasteiger partial charge in [0, 0.05) is 18.7 Å². The fraction of sp³-hybridized carbons (Fsp3) is 0.364. The highest BCUT2D eigenvalue weighted by molar-refractivity contribution is 5.94. The Labute approximate surface area is 103 Å². The lowest BCUT2D eigenvalue weighted by molar-refractivity contribution is -0.387. The maximum absolute atomic E-state index is 13.3. The van der Waals surface area contributed by atoms with Crippen LogP contribution in [0.4, 0.5) is 10.1 Å². The monoisotopic (exact) mass is 256 g/mol. The topological polar surface area (TPSA) is 83.7 Å². The molecule has 0 bridgehead atoms. The first kappa shape index (κ1) is 14.0. The van der Waals surface area contributed by atoms with Gasteiger partial charge in [-0.25, -0.2) is 0 Å². The first-order valence-corrected chi connectivity index (χ1v) is 5.20. The molecule has 0 saturated heterocycles. The molecule has 1 aromatic rings. The maximum atomic E-state index is 13.3. The van der Waals surface area contributed by atoms with Crippen molar-refractivity contribution in [1.82, 2.24) is 4.90 Å². The zero-order chi connectivity index (χ0) is 13.9. The van der Waals surface area contributed by atoms with Crippen molar-refractivity contribution < 1.29 is 19.2 Å². The van der Waals surface area contributed by atoms with Crippen molar-refractivity contribution in [3.8, 4) is 0 Å². The first-order chi connectivity index (χ1) is 8.38. The third kappa shape index (κ3) is 2.80. The van der Waals surface area contributed by atoms with E-state index in [0.717, 1.165) is 12.1 Å². The smallest absolute Gasteiger partial charge is 0.304 e. The lowest BCUT2D eigenvalue weighted by Crippen LogP contribution is -2.37. The van der Waals surface area contributed by atoms with Crippen LogP contribution in [0.3, 0.4) is 0 Å². The number of aliphatic hydroxyl groups is 1. The van der Waals surface area contributed by atoms with Crippen LogP contribution in [-0.4, -0.2) is 40.5 Å². The standard InChI is InChI=1S/C11H13FN2O4/c1-7(6-15)13(2)11(16)8-3-4-10(14(17)18)9(12)5-8/h3-5,7,15H,6H2,1-2H3. The number of aliphatic hydroxyl groups excluding tert-OH is 1. The van der Waals surface area contributed by atoms with Gasteiger partial charge in [0.2, 0.25) is 5.82 Å². The number of nitrogens with zero attached hydrogens (tertiary/aromatic N) is 2. The van der Waals surface area contributed by atoms with E-state index < -0.39 is 28.4 Å².